The highest BCUT2D eigenvalue weighted by molar-refractivity contribution is 5.15. The Hall–Kier alpha value is -0.870. The quantitative estimate of drug-likeness (QED) is 0.782. The predicted molar refractivity (Wildman–Crippen MR) is 69.9 cm³/mol. The lowest BCUT2D eigenvalue weighted by molar-refractivity contribution is 0.229. The van der Waals surface area contributed by atoms with Crippen LogP contribution in [0.2, 0.25) is 0 Å². The molecule has 1 aliphatic heterocycles. The van der Waals surface area contributed by atoms with Crippen LogP contribution in [0.1, 0.15) is 30.5 Å². The Balaban J connectivity index is 1.64. The van der Waals surface area contributed by atoms with Gasteiger partial charge in [0, 0.05) is 37.9 Å². The van der Waals surface area contributed by atoms with Crippen molar-refractivity contribution in [1.29, 1.82) is 0 Å². The SMILES string of the molecule is Cc1c(CNCCN2CCCCC2)cnn1C. The summed E-state index contributed by atoms with van der Waals surface area (Å²) < 4.78 is 1.93. The summed E-state index contributed by atoms with van der Waals surface area (Å²) in [5.74, 6) is 0. The molecule has 4 heteroatoms. The van der Waals surface area contributed by atoms with Gasteiger partial charge >= 0.3 is 0 Å². The molecule has 1 aliphatic rings. The maximum absolute atomic E-state index is 4.25. The summed E-state index contributed by atoms with van der Waals surface area (Å²) in [6.45, 7) is 7.89. The normalized spacial score (nSPS) is 17.5. The molecule has 0 atom stereocenters. The molecule has 0 radical (unpaired) electrons. The van der Waals surface area contributed by atoms with Crippen LogP contribution in [0.25, 0.3) is 0 Å². The van der Waals surface area contributed by atoms with Gasteiger partial charge in [0.2, 0.25) is 0 Å². The van der Waals surface area contributed by atoms with Crippen LogP contribution in [0.4, 0.5) is 0 Å². The lowest BCUT2D eigenvalue weighted by Crippen LogP contribution is -2.35. The minimum atomic E-state index is 0.938. The van der Waals surface area contributed by atoms with Crippen molar-refractivity contribution >= 4 is 0 Å². The number of hydrogen-bond acceptors (Lipinski definition) is 3. The monoisotopic (exact) mass is 236 g/mol. The molecule has 1 saturated heterocycles. The number of hydrogen-bond donors (Lipinski definition) is 1. The Morgan fingerprint density at radius 1 is 1.29 bits per heavy atom. The van der Waals surface area contributed by atoms with E-state index < -0.39 is 0 Å². The fraction of sp³-hybridized carbons (Fsp3) is 0.769. The molecule has 1 aromatic rings. The van der Waals surface area contributed by atoms with Gasteiger partial charge in [-0.2, -0.15) is 5.10 Å². The first-order valence-corrected chi connectivity index (χ1v) is 6.68. The van der Waals surface area contributed by atoms with Crippen molar-refractivity contribution in [1.82, 2.24) is 20.0 Å². The van der Waals surface area contributed by atoms with Gasteiger partial charge in [-0.05, 0) is 32.9 Å². The average molecular weight is 236 g/mol. The van der Waals surface area contributed by atoms with E-state index in [-0.39, 0.29) is 0 Å². The van der Waals surface area contributed by atoms with E-state index in [0.717, 1.165) is 13.1 Å². The molecule has 1 aromatic heterocycles. The molecule has 0 spiro atoms. The van der Waals surface area contributed by atoms with Crippen molar-refractivity contribution in [2.75, 3.05) is 26.2 Å². The number of nitrogens with one attached hydrogen (secondary N) is 1. The molecular weight excluding hydrogens is 212 g/mol. The highest BCUT2D eigenvalue weighted by Gasteiger charge is 2.09. The molecule has 2 heterocycles. The summed E-state index contributed by atoms with van der Waals surface area (Å²) in [5, 5.41) is 7.76. The van der Waals surface area contributed by atoms with Crippen LogP contribution in [0, 0.1) is 6.92 Å². The fourth-order valence-electron chi connectivity index (χ4n) is 2.36. The van der Waals surface area contributed by atoms with Crippen molar-refractivity contribution in [3.05, 3.63) is 17.5 Å². The molecule has 1 fully saturated rings. The van der Waals surface area contributed by atoms with Crippen molar-refractivity contribution in [2.45, 2.75) is 32.7 Å². The molecule has 0 saturated carbocycles. The third-order valence-corrected chi connectivity index (χ3v) is 3.71. The second kappa shape index (κ2) is 6.17. The molecule has 0 aliphatic carbocycles. The Kier molecular flexibility index (Phi) is 4.57. The number of aryl methyl sites for hydroxylation is 1. The first kappa shape index (κ1) is 12.6. The number of nitrogens with zero attached hydrogens (tertiary/aromatic N) is 3. The molecule has 0 aromatic carbocycles. The fourth-order valence-corrected chi connectivity index (χ4v) is 2.36. The molecule has 0 amide bonds. The highest BCUT2D eigenvalue weighted by atomic mass is 15.3. The van der Waals surface area contributed by atoms with E-state index in [4.69, 9.17) is 0 Å². The second-order valence-corrected chi connectivity index (χ2v) is 4.96. The van der Waals surface area contributed by atoms with Crippen LogP contribution < -0.4 is 5.32 Å². The Bertz CT molecular complexity index is 339. The lowest BCUT2D eigenvalue weighted by Gasteiger charge is -2.26. The maximum atomic E-state index is 4.25. The molecule has 17 heavy (non-hydrogen) atoms. The van der Waals surface area contributed by atoms with Gasteiger partial charge in [0.05, 0.1) is 6.20 Å². The van der Waals surface area contributed by atoms with Crippen molar-refractivity contribution < 1.29 is 0 Å². The van der Waals surface area contributed by atoms with Crippen LogP contribution in [-0.2, 0) is 13.6 Å². The number of rotatable bonds is 5. The van der Waals surface area contributed by atoms with E-state index in [0.29, 0.717) is 0 Å². The zero-order valence-electron chi connectivity index (χ0n) is 11.1. The van der Waals surface area contributed by atoms with Gasteiger partial charge in [0.25, 0.3) is 0 Å². The molecule has 4 nitrogen and oxygen atoms in total. The van der Waals surface area contributed by atoms with Crippen LogP contribution in [0.3, 0.4) is 0 Å². The lowest BCUT2D eigenvalue weighted by atomic mass is 10.1. The Labute approximate surface area is 104 Å². The van der Waals surface area contributed by atoms with Gasteiger partial charge in [0.1, 0.15) is 0 Å². The minimum absolute atomic E-state index is 0.938. The van der Waals surface area contributed by atoms with Gasteiger partial charge in [-0.3, -0.25) is 4.68 Å². The molecule has 0 unspecified atom stereocenters. The maximum Gasteiger partial charge on any atom is 0.0537 e. The first-order valence-electron chi connectivity index (χ1n) is 6.68. The van der Waals surface area contributed by atoms with E-state index in [1.807, 2.05) is 17.9 Å². The molecule has 2 rings (SSSR count). The molecule has 1 N–H and O–H groups in total. The largest absolute Gasteiger partial charge is 0.311 e. The van der Waals surface area contributed by atoms with Gasteiger partial charge in [-0.15, -0.1) is 0 Å². The summed E-state index contributed by atoms with van der Waals surface area (Å²) in [5.41, 5.74) is 2.57. The van der Waals surface area contributed by atoms with Crippen LogP contribution in [-0.4, -0.2) is 40.9 Å². The Morgan fingerprint density at radius 2 is 2.06 bits per heavy atom. The van der Waals surface area contributed by atoms with Crippen LogP contribution in [0.5, 0.6) is 0 Å². The molecular formula is C13H24N4. The highest BCUT2D eigenvalue weighted by Crippen LogP contribution is 2.07. The van der Waals surface area contributed by atoms with Gasteiger partial charge in [-0.25, -0.2) is 0 Å². The predicted octanol–water partition coefficient (Wildman–Crippen LogP) is 1.30. The number of likely N-dealkylation sites (tertiary alicyclic amines) is 1. The number of piperidine rings is 1. The van der Waals surface area contributed by atoms with Gasteiger partial charge in [0.15, 0.2) is 0 Å². The van der Waals surface area contributed by atoms with Crippen LogP contribution in [0.15, 0.2) is 6.20 Å². The van der Waals surface area contributed by atoms with Crippen LogP contribution >= 0.6 is 0 Å². The van der Waals surface area contributed by atoms with Gasteiger partial charge < -0.3 is 10.2 Å². The van der Waals surface area contributed by atoms with E-state index in [9.17, 15) is 0 Å². The van der Waals surface area contributed by atoms with E-state index in [2.05, 4.69) is 22.2 Å². The summed E-state index contributed by atoms with van der Waals surface area (Å²) in [6.07, 6.45) is 6.13. The smallest absolute Gasteiger partial charge is 0.0537 e. The Morgan fingerprint density at radius 3 is 2.71 bits per heavy atom. The van der Waals surface area contributed by atoms with E-state index in [1.165, 1.54) is 50.2 Å². The third kappa shape index (κ3) is 3.54. The average Bonchev–Trinajstić information content (AvgIpc) is 2.67. The van der Waals surface area contributed by atoms with Gasteiger partial charge in [-0.1, -0.05) is 6.42 Å². The topological polar surface area (TPSA) is 33.1 Å². The standard InChI is InChI=1S/C13H24N4/c1-12-13(11-15-16(12)2)10-14-6-9-17-7-4-3-5-8-17/h11,14H,3-10H2,1-2H3. The number of aromatic nitrogens is 2. The molecule has 96 valence electrons. The van der Waals surface area contributed by atoms with Crippen molar-refractivity contribution in [3.8, 4) is 0 Å². The first-order chi connectivity index (χ1) is 8.27. The summed E-state index contributed by atoms with van der Waals surface area (Å²) in [7, 11) is 1.99. The second-order valence-electron chi connectivity index (χ2n) is 4.96. The molecule has 0 bridgehead atoms. The minimum Gasteiger partial charge on any atom is -0.311 e. The van der Waals surface area contributed by atoms with E-state index >= 15 is 0 Å². The zero-order valence-corrected chi connectivity index (χ0v) is 11.1. The zero-order chi connectivity index (χ0) is 12.1. The summed E-state index contributed by atoms with van der Waals surface area (Å²) in [6, 6.07) is 0. The summed E-state index contributed by atoms with van der Waals surface area (Å²) in [4.78, 5) is 2.56. The van der Waals surface area contributed by atoms with Crippen molar-refractivity contribution in [3.63, 3.8) is 0 Å². The summed E-state index contributed by atoms with van der Waals surface area (Å²) >= 11 is 0. The third-order valence-electron chi connectivity index (χ3n) is 3.71. The van der Waals surface area contributed by atoms with E-state index in [1.54, 1.807) is 0 Å². The van der Waals surface area contributed by atoms with Crippen molar-refractivity contribution in [2.24, 2.45) is 7.05 Å².